The minimum atomic E-state index is -0.285. The van der Waals surface area contributed by atoms with E-state index in [4.69, 9.17) is 5.11 Å². The van der Waals surface area contributed by atoms with Crippen LogP contribution in [0.25, 0.3) is 0 Å². The quantitative estimate of drug-likeness (QED) is 0.601. The molecule has 1 heterocycles. The van der Waals surface area contributed by atoms with Crippen molar-refractivity contribution in [2.75, 3.05) is 26.2 Å². The molecule has 0 unspecified atom stereocenters. The van der Waals surface area contributed by atoms with E-state index in [1.807, 2.05) is 0 Å². The van der Waals surface area contributed by atoms with E-state index in [1.54, 1.807) is 4.90 Å². The lowest BCUT2D eigenvalue weighted by atomic mass is 10.2. The molecule has 2 rings (SSSR count). The third kappa shape index (κ3) is 2.42. The standard InChI is InChI=1S/C9H16N2O2/c12-8-5-11(6-8)9(13)4-10-3-7-1-2-7/h7-8,10,12H,1-6H2. The predicted octanol–water partition coefficient (Wildman–Crippen LogP) is -0.811. The minimum Gasteiger partial charge on any atom is -0.389 e. The van der Waals surface area contributed by atoms with Gasteiger partial charge >= 0.3 is 0 Å². The SMILES string of the molecule is O=C(CNCC1CC1)N1CC(O)C1. The number of nitrogens with zero attached hydrogens (tertiary/aromatic N) is 1. The summed E-state index contributed by atoms with van der Waals surface area (Å²) in [5.41, 5.74) is 0. The lowest BCUT2D eigenvalue weighted by molar-refractivity contribution is -0.140. The molecule has 0 spiro atoms. The lowest BCUT2D eigenvalue weighted by Crippen LogP contribution is -2.55. The smallest absolute Gasteiger partial charge is 0.236 e. The first-order chi connectivity index (χ1) is 6.25. The molecule has 4 heteroatoms. The Morgan fingerprint density at radius 1 is 1.46 bits per heavy atom. The number of aliphatic hydroxyl groups excluding tert-OH is 1. The van der Waals surface area contributed by atoms with Gasteiger partial charge in [-0.05, 0) is 25.3 Å². The molecule has 1 aliphatic carbocycles. The van der Waals surface area contributed by atoms with Gasteiger partial charge in [-0.1, -0.05) is 0 Å². The highest BCUT2D eigenvalue weighted by atomic mass is 16.3. The maximum atomic E-state index is 11.3. The molecule has 74 valence electrons. The topological polar surface area (TPSA) is 52.6 Å². The van der Waals surface area contributed by atoms with E-state index in [-0.39, 0.29) is 12.0 Å². The second-order valence-corrected chi connectivity index (χ2v) is 4.03. The van der Waals surface area contributed by atoms with Gasteiger partial charge in [0.2, 0.25) is 5.91 Å². The van der Waals surface area contributed by atoms with E-state index in [0.29, 0.717) is 19.6 Å². The molecule has 0 bridgehead atoms. The average molecular weight is 184 g/mol. The highest BCUT2D eigenvalue weighted by Gasteiger charge is 2.28. The summed E-state index contributed by atoms with van der Waals surface area (Å²) < 4.78 is 0. The van der Waals surface area contributed by atoms with Crippen LogP contribution in [0.15, 0.2) is 0 Å². The van der Waals surface area contributed by atoms with Crippen LogP contribution in [0.3, 0.4) is 0 Å². The lowest BCUT2D eigenvalue weighted by Gasteiger charge is -2.35. The fourth-order valence-corrected chi connectivity index (χ4v) is 1.48. The van der Waals surface area contributed by atoms with Gasteiger partial charge in [-0.25, -0.2) is 0 Å². The van der Waals surface area contributed by atoms with Crippen LogP contribution in [0.1, 0.15) is 12.8 Å². The van der Waals surface area contributed by atoms with Crippen molar-refractivity contribution in [2.24, 2.45) is 5.92 Å². The first kappa shape index (κ1) is 8.97. The van der Waals surface area contributed by atoms with Gasteiger partial charge in [-0.15, -0.1) is 0 Å². The van der Waals surface area contributed by atoms with Gasteiger partial charge in [-0.2, -0.15) is 0 Å². The molecule has 0 aromatic rings. The van der Waals surface area contributed by atoms with Gasteiger partial charge in [0.05, 0.1) is 12.6 Å². The van der Waals surface area contributed by atoms with Crippen LogP contribution in [-0.2, 0) is 4.79 Å². The highest BCUT2D eigenvalue weighted by Crippen LogP contribution is 2.27. The van der Waals surface area contributed by atoms with Gasteiger partial charge < -0.3 is 15.3 Å². The Labute approximate surface area is 77.9 Å². The normalized spacial score (nSPS) is 23.0. The molecule has 1 saturated carbocycles. The van der Waals surface area contributed by atoms with E-state index in [1.165, 1.54) is 12.8 Å². The Morgan fingerprint density at radius 3 is 2.69 bits per heavy atom. The Kier molecular flexibility index (Phi) is 2.51. The third-order valence-electron chi connectivity index (χ3n) is 2.62. The Bertz CT molecular complexity index is 198. The second-order valence-electron chi connectivity index (χ2n) is 4.03. The molecule has 1 amide bonds. The van der Waals surface area contributed by atoms with E-state index in [9.17, 15) is 4.79 Å². The van der Waals surface area contributed by atoms with Crippen LogP contribution in [0.2, 0.25) is 0 Å². The van der Waals surface area contributed by atoms with Crippen molar-refractivity contribution < 1.29 is 9.90 Å². The number of carbonyl (C=O) groups excluding carboxylic acids is 1. The summed E-state index contributed by atoms with van der Waals surface area (Å²) in [5.74, 6) is 0.931. The average Bonchev–Trinajstić information content (AvgIpc) is 2.82. The monoisotopic (exact) mass is 184 g/mol. The van der Waals surface area contributed by atoms with Gasteiger partial charge in [-0.3, -0.25) is 4.79 Å². The molecule has 0 aromatic carbocycles. The Hall–Kier alpha value is -0.610. The number of carbonyl (C=O) groups is 1. The van der Waals surface area contributed by atoms with Crippen molar-refractivity contribution in [3.8, 4) is 0 Å². The first-order valence-corrected chi connectivity index (χ1v) is 4.92. The number of likely N-dealkylation sites (tertiary alicyclic amines) is 1. The molecule has 0 atom stereocenters. The highest BCUT2D eigenvalue weighted by molar-refractivity contribution is 5.79. The van der Waals surface area contributed by atoms with Crippen molar-refractivity contribution in [3.63, 3.8) is 0 Å². The van der Waals surface area contributed by atoms with Gasteiger partial charge in [0.1, 0.15) is 0 Å². The van der Waals surface area contributed by atoms with Crippen LogP contribution in [0.5, 0.6) is 0 Å². The number of rotatable bonds is 4. The summed E-state index contributed by atoms with van der Waals surface area (Å²) in [4.78, 5) is 13.0. The van der Waals surface area contributed by atoms with Crippen LogP contribution in [0, 0.1) is 5.92 Å². The minimum absolute atomic E-state index is 0.117. The predicted molar refractivity (Wildman–Crippen MR) is 48.2 cm³/mol. The number of nitrogens with one attached hydrogen (secondary N) is 1. The molecule has 4 nitrogen and oxygen atoms in total. The van der Waals surface area contributed by atoms with Crippen molar-refractivity contribution in [1.82, 2.24) is 10.2 Å². The van der Waals surface area contributed by atoms with E-state index in [2.05, 4.69) is 5.32 Å². The van der Waals surface area contributed by atoms with Crippen LogP contribution in [0.4, 0.5) is 0 Å². The molecular formula is C9H16N2O2. The number of β-amino-alcohol motifs (C(OH)–C–C–N with tert-alkyl or cyclic N) is 1. The van der Waals surface area contributed by atoms with Gasteiger partial charge in [0.15, 0.2) is 0 Å². The van der Waals surface area contributed by atoms with Gasteiger partial charge in [0, 0.05) is 13.1 Å². The molecule has 2 aliphatic rings. The van der Waals surface area contributed by atoms with Crippen LogP contribution in [-0.4, -0.2) is 48.2 Å². The Morgan fingerprint density at radius 2 is 2.15 bits per heavy atom. The van der Waals surface area contributed by atoms with Crippen molar-refractivity contribution in [3.05, 3.63) is 0 Å². The summed E-state index contributed by atoms with van der Waals surface area (Å²) in [6.45, 7) is 2.44. The van der Waals surface area contributed by atoms with E-state index >= 15 is 0 Å². The summed E-state index contributed by atoms with van der Waals surface area (Å²) in [6, 6.07) is 0. The molecule has 1 aliphatic heterocycles. The van der Waals surface area contributed by atoms with Crippen LogP contribution < -0.4 is 5.32 Å². The molecular weight excluding hydrogens is 168 g/mol. The summed E-state index contributed by atoms with van der Waals surface area (Å²) in [7, 11) is 0. The third-order valence-corrected chi connectivity index (χ3v) is 2.62. The summed E-state index contributed by atoms with van der Waals surface area (Å²) >= 11 is 0. The van der Waals surface area contributed by atoms with E-state index in [0.717, 1.165) is 12.5 Å². The molecule has 0 aromatic heterocycles. The number of hydrogen-bond donors (Lipinski definition) is 2. The molecule has 0 radical (unpaired) electrons. The maximum Gasteiger partial charge on any atom is 0.236 e. The zero-order valence-electron chi connectivity index (χ0n) is 7.70. The Balaban J connectivity index is 1.55. The summed E-state index contributed by atoms with van der Waals surface area (Å²) in [5, 5.41) is 12.1. The fourth-order valence-electron chi connectivity index (χ4n) is 1.48. The van der Waals surface area contributed by atoms with Crippen molar-refractivity contribution >= 4 is 5.91 Å². The number of aliphatic hydroxyl groups is 1. The number of hydrogen-bond acceptors (Lipinski definition) is 3. The van der Waals surface area contributed by atoms with Crippen molar-refractivity contribution in [2.45, 2.75) is 18.9 Å². The molecule has 2 N–H and O–H groups in total. The van der Waals surface area contributed by atoms with E-state index < -0.39 is 0 Å². The zero-order valence-corrected chi connectivity index (χ0v) is 7.70. The second kappa shape index (κ2) is 3.64. The largest absolute Gasteiger partial charge is 0.389 e. The molecule has 13 heavy (non-hydrogen) atoms. The zero-order chi connectivity index (χ0) is 9.26. The van der Waals surface area contributed by atoms with Gasteiger partial charge in [0.25, 0.3) is 0 Å². The maximum absolute atomic E-state index is 11.3. The molecule has 1 saturated heterocycles. The van der Waals surface area contributed by atoms with Crippen LogP contribution >= 0.6 is 0 Å². The first-order valence-electron chi connectivity index (χ1n) is 4.92. The summed E-state index contributed by atoms with van der Waals surface area (Å²) in [6.07, 6.45) is 2.33. The molecule has 2 fully saturated rings. The number of amides is 1. The fraction of sp³-hybridized carbons (Fsp3) is 0.889. The van der Waals surface area contributed by atoms with Crippen molar-refractivity contribution in [1.29, 1.82) is 0 Å².